The highest BCUT2D eigenvalue weighted by Gasteiger charge is 2.16. The van der Waals surface area contributed by atoms with Gasteiger partial charge in [0.05, 0.1) is 17.7 Å². The molecule has 0 saturated heterocycles. The smallest absolute Gasteiger partial charge is 0.311 e. The predicted octanol–water partition coefficient (Wildman–Crippen LogP) is 2.66. The van der Waals surface area contributed by atoms with Gasteiger partial charge in [-0.3, -0.25) is 14.9 Å². The number of furan rings is 1. The van der Waals surface area contributed by atoms with Crippen LogP contribution in [0.1, 0.15) is 28.8 Å². The molecule has 1 aromatic carbocycles. The van der Waals surface area contributed by atoms with Gasteiger partial charge in [0.1, 0.15) is 5.76 Å². The summed E-state index contributed by atoms with van der Waals surface area (Å²) in [5, 5.41) is 14.9. The van der Waals surface area contributed by atoms with Crippen LogP contribution in [-0.2, 0) is 0 Å². The summed E-state index contributed by atoms with van der Waals surface area (Å²) < 4.78 is 10.1. The topological polar surface area (TPSA) is 107 Å². The average Bonchev–Trinajstić information content (AvgIpc) is 2.98. The maximum atomic E-state index is 11.8. The lowest BCUT2D eigenvalue weighted by molar-refractivity contribution is -0.385. The highest BCUT2D eigenvalue weighted by molar-refractivity contribution is 6.01. The molecule has 2 rings (SSSR count). The van der Waals surface area contributed by atoms with E-state index in [1.165, 1.54) is 25.3 Å². The van der Waals surface area contributed by atoms with Gasteiger partial charge in [-0.15, -0.1) is 0 Å². The van der Waals surface area contributed by atoms with Crippen molar-refractivity contribution < 1.29 is 18.9 Å². The van der Waals surface area contributed by atoms with Gasteiger partial charge >= 0.3 is 11.6 Å². The minimum absolute atomic E-state index is 0.139. The lowest BCUT2D eigenvalue weighted by Gasteiger charge is -2.05. The molecule has 0 spiro atoms. The summed E-state index contributed by atoms with van der Waals surface area (Å²) in [5.74, 6) is 0.406. The van der Waals surface area contributed by atoms with Gasteiger partial charge in [-0.25, -0.2) is 5.43 Å². The molecule has 8 heteroatoms. The zero-order valence-corrected chi connectivity index (χ0v) is 12.8. The van der Waals surface area contributed by atoms with E-state index in [1.807, 2.05) is 0 Å². The molecule has 0 aliphatic rings. The van der Waals surface area contributed by atoms with Crippen LogP contribution in [-0.4, -0.2) is 23.7 Å². The fraction of sp³-hybridized carbons (Fsp3) is 0.200. The van der Waals surface area contributed by atoms with Crippen molar-refractivity contribution >= 4 is 17.3 Å². The number of nitro benzene ring substituents is 1. The maximum absolute atomic E-state index is 11.8. The first-order valence-corrected chi connectivity index (χ1v) is 6.66. The quantitative estimate of drug-likeness (QED) is 0.518. The molecule has 1 heterocycles. The molecule has 1 amide bonds. The standard InChI is InChI=1S/C15H15N3O5/c1-9-4-6-14(23-9)15(19)17-16-10(2)11-5-7-13(22-3)12(8-11)18(20)21/h4-8H,1-3H3,(H,17,19)/b16-10-. The van der Waals surface area contributed by atoms with Crippen molar-refractivity contribution in [3.63, 3.8) is 0 Å². The zero-order chi connectivity index (χ0) is 17.0. The van der Waals surface area contributed by atoms with Crippen LogP contribution in [0.3, 0.4) is 0 Å². The number of carbonyl (C=O) groups excluding carboxylic acids is 1. The van der Waals surface area contributed by atoms with Crippen molar-refractivity contribution in [2.24, 2.45) is 5.10 Å². The highest BCUT2D eigenvalue weighted by Crippen LogP contribution is 2.27. The Morgan fingerprint density at radius 2 is 2.09 bits per heavy atom. The van der Waals surface area contributed by atoms with Crippen molar-refractivity contribution in [3.05, 3.63) is 57.5 Å². The summed E-state index contributed by atoms with van der Waals surface area (Å²) >= 11 is 0. The van der Waals surface area contributed by atoms with Crippen molar-refractivity contribution in [1.29, 1.82) is 0 Å². The van der Waals surface area contributed by atoms with Gasteiger partial charge in [0.2, 0.25) is 0 Å². The van der Waals surface area contributed by atoms with E-state index < -0.39 is 10.8 Å². The van der Waals surface area contributed by atoms with Crippen LogP contribution in [0.4, 0.5) is 5.69 Å². The second kappa shape index (κ2) is 6.73. The minimum Gasteiger partial charge on any atom is -0.490 e. The van der Waals surface area contributed by atoms with Gasteiger partial charge < -0.3 is 9.15 Å². The van der Waals surface area contributed by atoms with Crippen molar-refractivity contribution in [3.8, 4) is 5.75 Å². The number of ether oxygens (including phenoxy) is 1. The predicted molar refractivity (Wildman–Crippen MR) is 82.8 cm³/mol. The summed E-state index contributed by atoms with van der Waals surface area (Å²) in [6.07, 6.45) is 0. The van der Waals surface area contributed by atoms with Gasteiger partial charge in [0.25, 0.3) is 0 Å². The molecule has 2 aromatic rings. The van der Waals surface area contributed by atoms with Gasteiger partial charge in [-0.2, -0.15) is 5.10 Å². The molecule has 1 N–H and O–H groups in total. The number of hydrazone groups is 1. The van der Waals surface area contributed by atoms with E-state index in [0.717, 1.165) is 0 Å². The molecule has 0 saturated carbocycles. The molecule has 0 aliphatic heterocycles. The van der Waals surface area contributed by atoms with E-state index in [2.05, 4.69) is 10.5 Å². The monoisotopic (exact) mass is 317 g/mol. The number of amides is 1. The fourth-order valence-corrected chi connectivity index (χ4v) is 1.87. The number of aryl methyl sites for hydroxylation is 1. The van der Waals surface area contributed by atoms with Crippen LogP contribution in [0.25, 0.3) is 0 Å². The molecular weight excluding hydrogens is 302 g/mol. The molecule has 0 atom stereocenters. The van der Waals surface area contributed by atoms with Crippen molar-refractivity contribution in [2.45, 2.75) is 13.8 Å². The number of methoxy groups -OCH3 is 1. The van der Waals surface area contributed by atoms with Crippen LogP contribution < -0.4 is 10.2 Å². The summed E-state index contributed by atoms with van der Waals surface area (Å²) in [6.45, 7) is 3.35. The van der Waals surface area contributed by atoms with Crippen LogP contribution in [0, 0.1) is 17.0 Å². The Balaban J connectivity index is 2.19. The normalized spacial score (nSPS) is 11.2. The van der Waals surface area contributed by atoms with Gasteiger partial charge in [0, 0.05) is 11.6 Å². The number of nitrogens with zero attached hydrogens (tertiary/aromatic N) is 2. The zero-order valence-electron chi connectivity index (χ0n) is 12.8. The summed E-state index contributed by atoms with van der Waals surface area (Å²) in [7, 11) is 1.36. The number of rotatable bonds is 5. The summed E-state index contributed by atoms with van der Waals surface area (Å²) in [4.78, 5) is 22.3. The molecule has 120 valence electrons. The SMILES string of the molecule is COc1ccc(/C(C)=N\NC(=O)c2ccc(C)o2)cc1[N+](=O)[O-]. The summed E-state index contributed by atoms with van der Waals surface area (Å²) in [6, 6.07) is 7.63. The molecule has 0 unspecified atom stereocenters. The number of carbonyl (C=O) groups is 1. The summed E-state index contributed by atoms with van der Waals surface area (Å²) in [5.41, 5.74) is 3.07. The Bertz CT molecular complexity index is 779. The maximum Gasteiger partial charge on any atom is 0.311 e. The van der Waals surface area contributed by atoms with E-state index in [-0.39, 0.29) is 17.2 Å². The van der Waals surface area contributed by atoms with Crippen LogP contribution in [0.5, 0.6) is 5.75 Å². The Hall–Kier alpha value is -3.16. The molecule has 1 aromatic heterocycles. The number of hydrogen-bond donors (Lipinski definition) is 1. The number of nitrogens with one attached hydrogen (secondary N) is 1. The lowest BCUT2D eigenvalue weighted by Crippen LogP contribution is -2.18. The Morgan fingerprint density at radius 1 is 1.35 bits per heavy atom. The van der Waals surface area contributed by atoms with E-state index in [4.69, 9.17) is 9.15 Å². The van der Waals surface area contributed by atoms with Gasteiger partial charge in [-0.05, 0) is 38.1 Å². The Kier molecular flexibility index (Phi) is 4.75. The molecule has 0 bridgehead atoms. The van der Waals surface area contributed by atoms with E-state index >= 15 is 0 Å². The molecule has 23 heavy (non-hydrogen) atoms. The first kappa shape index (κ1) is 16.2. The molecule has 0 aliphatic carbocycles. The van der Waals surface area contributed by atoms with E-state index in [9.17, 15) is 14.9 Å². The Morgan fingerprint density at radius 3 is 2.65 bits per heavy atom. The van der Waals surface area contributed by atoms with E-state index in [0.29, 0.717) is 17.0 Å². The average molecular weight is 317 g/mol. The largest absolute Gasteiger partial charge is 0.490 e. The number of benzene rings is 1. The second-order valence-corrected chi connectivity index (χ2v) is 4.69. The van der Waals surface area contributed by atoms with Crippen LogP contribution >= 0.6 is 0 Å². The van der Waals surface area contributed by atoms with Crippen molar-refractivity contribution in [2.75, 3.05) is 7.11 Å². The van der Waals surface area contributed by atoms with Gasteiger partial charge in [-0.1, -0.05) is 0 Å². The fourth-order valence-electron chi connectivity index (χ4n) is 1.87. The number of nitro groups is 1. The lowest BCUT2D eigenvalue weighted by atomic mass is 10.1. The third-order valence-electron chi connectivity index (χ3n) is 3.08. The van der Waals surface area contributed by atoms with E-state index in [1.54, 1.807) is 26.0 Å². The first-order valence-electron chi connectivity index (χ1n) is 6.66. The first-order chi connectivity index (χ1) is 10.9. The second-order valence-electron chi connectivity index (χ2n) is 4.69. The molecule has 8 nitrogen and oxygen atoms in total. The van der Waals surface area contributed by atoms with Crippen LogP contribution in [0.15, 0.2) is 39.9 Å². The number of hydrogen-bond acceptors (Lipinski definition) is 6. The van der Waals surface area contributed by atoms with Crippen LogP contribution in [0.2, 0.25) is 0 Å². The third-order valence-corrected chi connectivity index (χ3v) is 3.08. The van der Waals surface area contributed by atoms with Gasteiger partial charge in [0.15, 0.2) is 11.5 Å². The Labute approximate surface area is 131 Å². The highest BCUT2D eigenvalue weighted by atomic mass is 16.6. The minimum atomic E-state index is -0.542. The third kappa shape index (κ3) is 3.73. The molecule has 0 fully saturated rings. The molecular formula is C15H15N3O5. The van der Waals surface area contributed by atoms with Crippen molar-refractivity contribution in [1.82, 2.24) is 5.43 Å². The molecule has 0 radical (unpaired) electrons.